The van der Waals surface area contributed by atoms with Gasteiger partial charge >= 0.3 is 18.3 Å². The summed E-state index contributed by atoms with van der Waals surface area (Å²) in [6, 6.07) is 17.0. The van der Waals surface area contributed by atoms with Crippen molar-refractivity contribution in [1.82, 2.24) is 10.2 Å². The van der Waals surface area contributed by atoms with Gasteiger partial charge in [0.1, 0.15) is 5.75 Å². The van der Waals surface area contributed by atoms with Crippen LogP contribution in [0.15, 0.2) is 60.7 Å². The van der Waals surface area contributed by atoms with Crippen LogP contribution < -0.4 is 10.1 Å². The first-order valence-corrected chi connectivity index (χ1v) is 13.3. The van der Waals surface area contributed by atoms with Gasteiger partial charge in [-0.2, -0.15) is 26.3 Å². The number of likely N-dealkylation sites (tertiary alicyclic amines) is 1. The molecular weight excluding hydrogens is 574 g/mol. The zero-order chi connectivity index (χ0) is 30.2. The van der Waals surface area contributed by atoms with E-state index in [9.17, 15) is 31.1 Å². The van der Waals surface area contributed by atoms with Gasteiger partial charge in [-0.25, -0.2) is 4.79 Å². The summed E-state index contributed by atoms with van der Waals surface area (Å²) >= 11 is 1.42. The summed E-state index contributed by atoms with van der Waals surface area (Å²) in [6.45, 7) is 2.60. The normalized spacial score (nSPS) is 15.9. The first-order valence-electron chi connectivity index (χ1n) is 12.5. The summed E-state index contributed by atoms with van der Waals surface area (Å²) in [5.41, 5.74) is 0.989. The molecular formula is C28H28F6N2O4S. The van der Waals surface area contributed by atoms with Gasteiger partial charge in [-0.05, 0) is 61.2 Å². The number of ether oxygens (including phenoxy) is 1. The molecule has 0 aliphatic carbocycles. The number of amides is 1. The molecule has 2 heterocycles. The highest BCUT2D eigenvalue weighted by atomic mass is 32.1. The number of aliphatic carboxylic acids is 1. The zero-order valence-electron chi connectivity index (χ0n) is 21.9. The van der Waals surface area contributed by atoms with Gasteiger partial charge in [-0.15, -0.1) is 11.3 Å². The molecule has 1 fully saturated rings. The third kappa shape index (κ3) is 9.49. The van der Waals surface area contributed by atoms with Gasteiger partial charge in [0, 0.05) is 30.1 Å². The number of piperidine rings is 1. The Morgan fingerprint density at radius 3 is 2.41 bits per heavy atom. The number of nitrogens with zero attached hydrogens (tertiary/aromatic N) is 1. The van der Waals surface area contributed by atoms with E-state index in [4.69, 9.17) is 14.6 Å². The molecule has 0 radical (unpaired) electrons. The van der Waals surface area contributed by atoms with Crippen molar-refractivity contribution in [3.05, 3.63) is 76.7 Å². The molecule has 1 atom stereocenters. The lowest BCUT2D eigenvalue weighted by Crippen LogP contribution is -2.40. The summed E-state index contributed by atoms with van der Waals surface area (Å²) in [5.74, 6) is -1.84. The van der Waals surface area contributed by atoms with Crippen LogP contribution in [0.4, 0.5) is 26.3 Å². The van der Waals surface area contributed by atoms with E-state index in [1.807, 2.05) is 36.4 Å². The molecule has 1 aromatic heterocycles. The lowest BCUT2D eigenvalue weighted by Gasteiger charge is -2.33. The van der Waals surface area contributed by atoms with Crippen molar-refractivity contribution in [3.8, 4) is 16.2 Å². The highest BCUT2D eigenvalue weighted by Crippen LogP contribution is 2.35. The van der Waals surface area contributed by atoms with Crippen LogP contribution in [-0.4, -0.2) is 54.8 Å². The number of carboxylic acid groups (broad SMARTS) is 1. The first-order chi connectivity index (χ1) is 19.3. The third-order valence-corrected chi connectivity index (χ3v) is 7.38. The van der Waals surface area contributed by atoms with E-state index in [0.717, 1.165) is 48.2 Å². The average molecular weight is 603 g/mol. The van der Waals surface area contributed by atoms with Crippen molar-refractivity contribution in [2.45, 2.75) is 31.7 Å². The SMILES string of the molecule is COc1ccccc1-c1ccc(C(=O)NCC2CCCN(Cc3cccc(C(F)(F)F)c3)C2)s1.O=C(O)C(F)(F)F. The van der Waals surface area contributed by atoms with Crippen LogP contribution in [0.5, 0.6) is 5.75 Å². The Morgan fingerprint density at radius 1 is 1.05 bits per heavy atom. The minimum Gasteiger partial charge on any atom is -0.496 e. The predicted octanol–water partition coefficient (Wildman–Crippen LogP) is 6.72. The van der Waals surface area contributed by atoms with E-state index in [-0.39, 0.29) is 11.8 Å². The Labute approximate surface area is 236 Å². The van der Waals surface area contributed by atoms with E-state index in [1.54, 1.807) is 13.2 Å². The molecule has 1 unspecified atom stereocenters. The maximum atomic E-state index is 13.0. The fourth-order valence-electron chi connectivity index (χ4n) is 4.34. The fraction of sp³-hybridized carbons (Fsp3) is 0.357. The van der Waals surface area contributed by atoms with Crippen molar-refractivity contribution in [1.29, 1.82) is 0 Å². The second-order valence-corrected chi connectivity index (χ2v) is 10.4. The van der Waals surface area contributed by atoms with Crippen molar-refractivity contribution in [2.75, 3.05) is 26.7 Å². The summed E-state index contributed by atoms with van der Waals surface area (Å²) in [6.07, 6.45) is -7.48. The van der Waals surface area contributed by atoms with Gasteiger partial charge in [-0.1, -0.05) is 30.3 Å². The highest BCUT2D eigenvalue weighted by molar-refractivity contribution is 7.17. The molecule has 1 amide bonds. The van der Waals surface area contributed by atoms with Crippen molar-refractivity contribution >= 4 is 23.2 Å². The molecule has 0 saturated carbocycles. The van der Waals surface area contributed by atoms with Gasteiger partial charge in [0.15, 0.2) is 0 Å². The van der Waals surface area contributed by atoms with Crippen molar-refractivity contribution in [3.63, 3.8) is 0 Å². The second-order valence-electron chi connectivity index (χ2n) is 9.32. The molecule has 13 heteroatoms. The lowest BCUT2D eigenvalue weighted by atomic mass is 9.97. The van der Waals surface area contributed by atoms with E-state index in [2.05, 4.69) is 10.2 Å². The molecule has 0 spiro atoms. The number of rotatable bonds is 7. The van der Waals surface area contributed by atoms with Crippen LogP contribution in [-0.2, 0) is 17.5 Å². The predicted molar refractivity (Wildman–Crippen MR) is 142 cm³/mol. The van der Waals surface area contributed by atoms with Crippen LogP contribution in [0.25, 0.3) is 10.4 Å². The number of para-hydroxylation sites is 1. The third-order valence-electron chi connectivity index (χ3n) is 6.26. The molecule has 1 aliphatic rings. The zero-order valence-corrected chi connectivity index (χ0v) is 22.7. The minimum atomic E-state index is -5.08. The monoisotopic (exact) mass is 602 g/mol. The molecule has 2 N–H and O–H groups in total. The number of hydrogen-bond acceptors (Lipinski definition) is 5. The van der Waals surface area contributed by atoms with E-state index in [1.165, 1.54) is 23.5 Å². The Morgan fingerprint density at radius 2 is 1.76 bits per heavy atom. The number of carbonyl (C=O) groups is 2. The summed E-state index contributed by atoms with van der Waals surface area (Å²) in [4.78, 5) is 25.4. The minimum absolute atomic E-state index is 0.110. The summed E-state index contributed by atoms with van der Waals surface area (Å²) < 4.78 is 76.2. The molecule has 4 rings (SSSR count). The van der Waals surface area contributed by atoms with Gasteiger partial charge < -0.3 is 15.2 Å². The number of halogens is 6. The average Bonchev–Trinajstić information content (AvgIpc) is 3.42. The quantitative estimate of drug-likeness (QED) is 0.294. The molecule has 2 aromatic carbocycles. The fourth-order valence-corrected chi connectivity index (χ4v) is 5.30. The number of alkyl halides is 6. The maximum Gasteiger partial charge on any atom is 0.490 e. The van der Waals surface area contributed by atoms with Crippen LogP contribution in [0.1, 0.15) is 33.6 Å². The summed E-state index contributed by atoms with van der Waals surface area (Å²) in [5, 5.41) is 10.2. The van der Waals surface area contributed by atoms with Crippen molar-refractivity contribution in [2.24, 2.45) is 5.92 Å². The number of benzene rings is 2. The molecule has 222 valence electrons. The van der Waals surface area contributed by atoms with Gasteiger partial charge in [-0.3, -0.25) is 9.69 Å². The van der Waals surface area contributed by atoms with Crippen molar-refractivity contribution < 1.29 is 45.8 Å². The summed E-state index contributed by atoms with van der Waals surface area (Å²) in [7, 11) is 1.63. The van der Waals surface area contributed by atoms with Gasteiger partial charge in [0.05, 0.1) is 17.6 Å². The van der Waals surface area contributed by atoms with E-state index >= 15 is 0 Å². The number of nitrogens with one attached hydrogen (secondary N) is 1. The van der Waals surface area contributed by atoms with Gasteiger partial charge in [0.2, 0.25) is 0 Å². The van der Waals surface area contributed by atoms with Crippen LogP contribution in [0.3, 0.4) is 0 Å². The van der Waals surface area contributed by atoms with Crippen LogP contribution in [0, 0.1) is 5.92 Å². The highest BCUT2D eigenvalue weighted by Gasteiger charge is 2.38. The Hall–Kier alpha value is -3.58. The van der Waals surface area contributed by atoms with E-state index < -0.39 is 23.9 Å². The lowest BCUT2D eigenvalue weighted by molar-refractivity contribution is -0.192. The standard InChI is InChI=1S/C26H27F3N2O2S.C2HF3O2/c1-33-22-10-3-2-9-21(22)23-11-12-24(34-23)25(32)30-15-19-7-5-13-31(17-19)16-18-6-4-8-20(14-18)26(27,28)29;3-2(4,5)1(6)7/h2-4,6,8-12,14,19H,5,7,13,15-17H2,1H3,(H,30,32);(H,6,7). The van der Waals surface area contributed by atoms with E-state index in [0.29, 0.717) is 23.5 Å². The molecule has 0 bridgehead atoms. The number of carboxylic acids is 1. The second kappa shape index (κ2) is 13.9. The Balaban J connectivity index is 0.000000587. The Bertz CT molecular complexity index is 1330. The first kappa shape index (κ1) is 31.9. The molecule has 1 aliphatic heterocycles. The maximum absolute atomic E-state index is 13.0. The molecule has 3 aromatic rings. The van der Waals surface area contributed by atoms with Crippen LogP contribution >= 0.6 is 11.3 Å². The number of hydrogen-bond donors (Lipinski definition) is 2. The molecule has 6 nitrogen and oxygen atoms in total. The number of thiophene rings is 1. The molecule has 1 saturated heterocycles. The smallest absolute Gasteiger partial charge is 0.490 e. The number of methoxy groups -OCH3 is 1. The topological polar surface area (TPSA) is 78.9 Å². The van der Waals surface area contributed by atoms with Crippen LogP contribution in [0.2, 0.25) is 0 Å². The molecule has 41 heavy (non-hydrogen) atoms. The largest absolute Gasteiger partial charge is 0.496 e. The Kier molecular flexibility index (Phi) is 10.8. The van der Waals surface area contributed by atoms with Gasteiger partial charge in [0.25, 0.3) is 5.91 Å². The number of carbonyl (C=O) groups excluding carboxylic acids is 1.